The van der Waals surface area contributed by atoms with Crippen molar-refractivity contribution in [2.75, 3.05) is 45.2 Å². The molecule has 0 aliphatic carbocycles. The molecule has 1 unspecified atom stereocenters. The van der Waals surface area contributed by atoms with E-state index in [0.717, 1.165) is 55.2 Å². The van der Waals surface area contributed by atoms with Crippen LogP contribution >= 0.6 is 0 Å². The van der Waals surface area contributed by atoms with Crippen LogP contribution in [0, 0.1) is 0 Å². The molecule has 2 aromatic rings. The Labute approximate surface area is 178 Å². The third-order valence-electron chi connectivity index (χ3n) is 5.54. The van der Waals surface area contributed by atoms with Gasteiger partial charge in [0.15, 0.2) is 0 Å². The first-order valence-electron chi connectivity index (χ1n) is 10.5. The third-order valence-corrected chi connectivity index (χ3v) is 5.54. The number of amides is 2. The summed E-state index contributed by atoms with van der Waals surface area (Å²) in [5.41, 5.74) is 3.90. The number of likely N-dealkylation sites (N-methyl/N-ethyl adjacent to an activating group) is 1. The molecule has 0 saturated carbocycles. The van der Waals surface area contributed by atoms with Gasteiger partial charge in [0.05, 0.1) is 19.3 Å². The van der Waals surface area contributed by atoms with Gasteiger partial charge in [0.25, 0.3) is 0 Å². The first-order valence-corrected chi connectivity index (χ1v) is 10.5. The lowest BCUT2D eigenvalue weighted by Crippen LogP contribution is -2.43. The molecular weight excluding hydrogens is 378 g/mol. The lowest BCUT2D eigenvalue weighted by atomic mass is 9.98. The van der Waals surface area contributed by atoms with Crippen molar-refractivity contribution in [1.82, 2.24) is 9.80 Å². The number of carbonyl (C=O) groups is 2. The normalized spacial score (nSPS) is 15.4. The number of morpholine rings is 1. The monoisotopic (exact) mass is 409 g/mol. The van der Waals surface area contributed by atoms with E-state index in [-0.39, 0.29) is 17.9 Å². The molecule has 1 aliphatic rings. The van der Waals surface area contributed by atoms with Gasteiger partial charge in [-0.1, -0.05) is 49.4 Å². The second-order valence-electron chi connectivity index (χ2n) is 7.64. The Balaban J connectivity index is 1.86. The van der Waals surface area contributed by atoms with E-state index in [1.54, 1.807) is 0 Å². The summed E-state index contributed by atoms with van der Waals surface area (Å²) in [6.45, 7) is 7.42. The van der Waals surface area contributed by atoms with Gasteiger partial charge in [-0.15, -0.1) is 0 Å². The quantitative estimate of drug-likeness (QED) is 0.760. The number of hydrogen-bond acceptors (Lipinski definition) is 4. The molecule has 1 saturated heterocycles. The smallest absolute Gasteiger partial charge is 0.222 e. The van der Waals surface area contributed by atoms with Gasteiger partial charge in [0.1, 0.15) is 0 Å². The number of anilines is 1. The van der Waals surface area contributed by atoms with Gasteiger partial charge in [0, 0.05) is 51.3 Å². The zero-order valence-electron chi connectivity index (χ0n) is 18.1. The predicted molar refractivity (Wildman–Crippen MR) is 119 cm³/mol. The minimum Gasteiger partial charge on any atom is -0.379 e. The van der Waals surface area contributed by atoms with Crippen molar-refractivity contribution in [2.24, 2.45) is 0 Å². The highest BCUT2D eigenvalue weighted by atomic mass is 16.5. The van der Waals surface area contributed by atoms with Crippen molar-refractivity contribution < 1.29 is 14.3 Å². The highest BCUT2D eigenvalue weighted by Crippen LogP contribution is 2.30. The van der Waals surface area contributed by atoms with Crippen molar-refractivity contribution in [3.8, 4) is 11.1 Å². The predicted octanol–water partition coefficient (Wildman–Crippen LogP) is 3.55. The summed E-state index contributed by atoms with van der Waals surface area (Å²) in [4.78, 5) is 28.2. The number of para-hydroxylation sites is 1. The highest BCUT2D eigenvalue weighted by Gasteiger charge is 2.24. The van der Waals surface area contributed by atoms with Crippen LogP contribution in [-0.4, -0.2) is 61.5 Å². The van der Waals surface area contributed by atoms with Crippen molar-refractivity contribution >= 4 is 17.5 Å². The fourth-order valence-electron chi connectivity index (χ4n) is 3.82. The number of hydrogen-bond donors (Lipinski definition) is 1. The van der Waals surface area contributed by atoms with Gasteiger partial charge in [-0.2, -0.15) is 0 Å². The van der Waals surface area contributed by atoms with E-state index in [2.05, 4.69) is 34.5 Å². The molecule has 3 rings (SSSR count). The second kappa shape index (κ2) is 10.4. The summed E-state index contributed by atoms with van der Waals surface area (Å²) >= 11 is 0. The summed E-state index contributed by atoms with van der Waals surface area (Å²) in [5, 5.41) is 2.89. The van der Waals surface area contributed by atoms with Crippen molar-refractivity contribution in [3.63, 3.8) is 0 Å². The molecule has 1 fully saturated rings. The number of ether oxygens (including phenoxy) is 1. The summed E-state index contributed by atoms with van der Waals surface area (Å²) in [7, 11) is 1.89. The summed E-state index contributed by atoms with van der Waals surface area (Å²) in [6.07, 6.45) is 0.484. The molecule has 0 bridgehead atoms. The van der Waals surface area contributed by atoms with E-state index >= 15 is 0 Å². The van der Waals surface area contributed by atoms with Crippen LogP contribution in [0.15, 0.2) is 48.5 Å². The molecule has 0 radical (unpaired) electrons. The van der Waals surface area contributed by atoms with Gasteiger partial charge >= 0.3 is 0 Å². The average Bonchev–Trinajstić information content (AvgIpc) is 2.77. The fourth-order valence-corrected chi connectivity index (χ4v) is 3.82. The van der Waals surface area contributed by atoms with E-state index in [0.29, 0.717) is 6.42 Å². The molecule has 160 valence electrons. The average molecular weight is 410 g/mol. The second-order valence-corrected chi connectivity index (χ2v) is 7.64. The Bertz CT molecular complexity index is 860. The minimum atomic E-state index is -0.0932. The van der Waals surface area contributed by atoms with Crippen LogP contribution in [0.5, 0.6) is 0 Å². The number of benzene rings is 2. The maximum absolute atomic E-state index is 12.4. The Hall–Kier alpha value is -2.70. The molecule has 0 spiro atoms. The molecule has 30 heavy (non-hydrogen) atoms. The van der Waals surface area contributed by atoms with Crippen LogP contribution in [0.1, 0.15) is 31.9 Å². The van der Waals surface area contributed by atoms with E-state index in [1.807, 2.05) is 43.1 Å². The van der Waals surface area contributed by atoms with Crippen LogP contribution < -0.4 is 5.32 Å². The Morgan fingerprint density at radius 3 is 2.40 bits per heavy atom. The lowest BCUT2D eigenvalue weighted by molar-refractivity contribution is -0.132. The summed E-state index contributed by atoms with van der Waals surface area (Å²) < 4.78 is 5.47. The minimum absolute atomic E-state index is 0.0183. The van der Waals surface area contributed by atoms with Crippen LogP contribution in [0.2, 0.25) is 0 Å². The van der Waals surface area contributed by atoms with Gasteiger partial charge in [-0.25, -0.2) is 0 Å². The van der Waals surface area contributed by atoms with Gasteiger partial charge in [-0.05, 0) is 17.2 Å². The molecule has 1 N–H and O–H groups in total. The van der Waals surface area contributed by atoms with Crippen molar-refractivity contribution in [3.05, 3.63) is 54.1 Å². The Morgan fingerprint density at radius 1 is 1.10 bits per heavy atom. The molecule has 6 nitrogen and oxygen atoms in total. The fraction of sp³-hybridized carbons (Fsp3) is 0.417. The van der Waals surface area contributed by atoms with E-state index < -0.39 is 0 Å². The molecule has 1 aliphatic heterocycles. The topological polar surface area (TPSA) is 61.9 Å². The number of rotatable bonds is 7. The summed E-state index contributed by atoms with van der Waals surface area (Å²) in [5.74, 6) is 0.0395. The van der Waals surface area contributed by atoms with Gasteiger partial charge in [0.2, 0.25) is 11.8 Å². The Kier molecular flexibility index (Phi) is 7.60. The SMILES string of the molecule is CCC(=O)N(C)C(CN1CCOCC1)c1ccc(-c2ccccc2NC(C)=O)cc1. The largest absolute Gasteiger partial charge is 0.379 e. The van der Waals surface area contributed by atoms with Crippen molar-refractivity contribution in [1.29, 1.82) is 0 Å². The van der Waals surface area contributed by atoms with E-state index in [1.165, 1.54) is 6.92 Å². The van der Waals surface area contributed by atoms with Gasteiger partial charge in [-0.3, -0.25) is 14.5 Å². The molecule has 1 heterocycles. The molecule has 6 heteroatoms. The molecule has 2 amide bonds. The van der Waals surface area contributed by atoms with E-state index in [4.69, 9.17) is 4.74 Å². The summed E-state index contributed by atoms with van der Waals surface area (Å²) in [6, 6.07) is 16.1. The molecule has 0 aromatic heterocycles. The number of carbonyl (C=O) groups excluding carboxylic acids is 2. The lowest BCUT2D eigenvalue weighted by Gasteiger charge is -2.35. The highest BCUT2D eigenvalue weighted by molar-refractivity contribution is 5.94. The maximum atomic E-state index is 12.4. The zero-order valence-corrected chi connectivity index (χ0v) is 18.1. The molecular formula is C24H31N3O3. The number of nitrogens with one attached hydrogen (secondary N) is 1. The first kappa shape index (κ1) is 22.0. The maximum Gasteiger partial charge on any atom is 0.222 e. The Morgan fingerprint density at radius 2 is 1.77 bits per heavy atom. The first-order chi connectivity index (χ1) is 14.5. The van der Waals surface area contributed by atoms with Crippen molar-refractivity contribution in [2.45, 2.75) is 26.3 Å². The van der Waals surface area contributed by atoms with Crippen LogP contribution in [0.3, 0.4) is 0 Å². The third kappa shape index (κ3) is 5.46. The standard InChI is InChI=1S/C24H31N3O3/c1-4-24(29)26(3)23(17-27-13-15-30-16-14-27)20-11-9-19(10-12-20)21-7-5-6-8-22(21)25-18(2)28/h5-12,23H,4,13-17H2,1-3H3,(H,25,28). The number of nitrogens with zero attached hydrogens (tertiary/aromatic N) is 2. The van der Waals surface area contributed by atoms with E-state index in [9.17, 15) is 9.59 Å². The zero-order chi connectivity index (χ0) is 21.5. The van der Waals surface area contributed by atoms with Crippen LogP contribution in [0.4, 0.5) is 5.69 Å². The van der Waals surface area contributed by atoms with Crippen LogP contribution in [0.25, 0.3) is 11.1 Å². The van der Waals surface area contributed by atoms with Gasteiger partial charge < -0.3 is 15.0 Å². The molecule has 2 aromatic carbocycles. The van der Waals surface area contributed by atoms with Crippen LogP contribution in [-0.2, 0) is 14.3 Å². The molecule has 1 atom stereocenters.